The van der Waals surface area contributed by atoms with Gasteiger partial charge in [-0.05, 0) is 0 Å². The van der Waals surface area contributed by atoms with Crippen molar-refractivity contribution < 1.29 is 33.4 Å². The molecule has 22 heavy (non-hydrogen) atoms. The van der Waals surface area contributed by atoms with Crippen LogP contribution < -0.4 is 0 Å². The monoisotopic (exact) mass is 309 g/mol. The fourth-order valence-electron chi connectivity index (χ4n) is 1.16. The van der Waals surface area contributed by atoms with Crippen LogP contribution in [-0.4, -0.2) is 43.4 Å². The summed E-state index contributed by atoms with van der Waals surface area (Å²) in [5, 5.41) is 0. The summed E-state index contributed by atoms with van der Waals surface area (Å²) in [4.78, 5) is 47.1. The molecule has 0 aromatic carbocycles. The van der Waals surface area contributed by atoms with Crippen molar-refractivity contribution >= 4 is 24.0 Å². The number of carbonyl (C=O) groups is 3. The van der Waals surface area contributed by atoms with Crippen molar-refractivity contribution in [2.24, 2.45) is 10.9 Å². The van der Waals surface area contributed by atoms with Crippen LogP contribution in [0.1, 0.15) is 0 Å². The van der Waals surface area contributed by atoms with Gasteiger partial charge in [0.15, 0.2) is 0 Å². The molecule has 0 aliphatic heterocycles. The third-order valence-electron chi connectivity index (χ3n) is 2.20. The first-order chi connectivity index (χ1) is 10.5. The molecule has 0 spiro atoms. The second-order valence-electron chi connectivity index (χ2n) is 3.68. The molecule has 0 saturated heterocycles. The maximum absolute atomic E-state index is 11.2. The van der Waals surface area contributed by atoms with Gasteiger partial charge < -0.3 is 14.2 Å². The second kappa shape index (κ2) is 10.8. The molecule has 1 unspecified atom stereocenters. The standard InChI is InChI=1S/C14H15NO7/c1-4-11(17)20-7-10(8-21-12(18)5-2)14(15-9-16)22-13(19)6-3/h4-6,10,14H,1-3,7-8H2. The Balaban J connectivity index is 5.04. The predicted molar refractivity (Wildman–Crippen MR) is 74.0 cm³/mol. The normalized spacial score (nSPS) is 10.6. The molecule has 8 nitrogen and oxygen atoms in total. The van der Waals surface area contributed by atoms with Gasteiger partial charge in [-0.15, -0.1) is 0 Å². The third-order valence-corrected chi connectivity index (χ3v) is 2.20. The van der Waals surface area contributed by atoms with Crippen molar-refractivity contribution in [3.05, 3.63) is 38.0 Å². The van der Waals surface area contributed by atoms with E-state index in [-0.39, 0.29) is 13.2 Å². The van der Waals surface area contributed by atoms with Crippen LogP contribution in [0.5, 0.6) is 0 Å². The first-order valence-corrected chi connectivity index (χ1v) is 5.96. The van der Waals surface area contributed by atoms with Crippen molar-refractivity contribution in [2.45, 2.75) is 6.23 Å². The second-order valence-corrected chi connectivity index (χ2v) is 3.68. The summed E-state index contributed by atoms with van der Waals surface area (Å²) >= 11 is 0. The molecule has 0 bridgehead atoms. The van der Waals surface area contributed by atoms with Gasteiger partial charge in [0, 0.05) is 18.2 Å². The predicted octanol–water partition coefficient (Wildman–Crippen LogP) is 0.452. The molecule has 0 N–H and O–H groups in total. The van der Waals surface area contributed by atoms with E-state index in [0.29, 0.717) is 0 Å². The Labute approximate surface area is 126 Å². The maximum Gasteiger partial charge on any atom is 0.332 e. The van der Waals surface area contributed by atoms with Gasteiger partial charge in [0.2, 0.25) is 12.3 Å². The molecule has 0 radical (unpaired) electrons. The quantitative estimate of drug-likeness (QED) is 0.189. The third kappa shape index (κ3) is 7.56. The Hall–Kier alpha value is -2.99. The van der Waals surface area contributed by atoms with E-state index in [9.17, 15) is 19.2 Å². The molecule has 0 aromatic heterocycles. The van der Waals surface area contributed by atoms with Gasteiger partial charge in [-0.25, -0.2) is 19.2 Å². The summed E-state index contributed by atoms with van der Waals surface area (Å²) in [7, 11) is 0. The molecule has 8 heteroatoms. The van der Waals surface area contributed by atoms with Crippen LogP contribution in [0.4, 0.5) is 0 Å². The highest BCUT2D eigenvalue weighted by molar-refractivity contribution is 5.82. The average Bonchev–Trinajstić information content (AvgIpc) is 2.53. The lowest BCUT2D eigenvalue weighted by Crippen LogP contribution is -2.33. The molecular formula is C14H15NO7. The van der Waals surface area contributed by atoms with E-state index in [1.807, 2.05) is 0 Å². The van der Waals surface area contributed by atoms with E-state index in [1.54, 1.807) is 0 Å². The van der Waals surface area contributed by atoms with E-state index in [0.717, 1.165) is 18.2 Å². The molecule has 0 amide bonds. The Bertz CT molecular complexity index is 481. The molecule has 0 aliphatic carbocycles. The van der Waals surface area contributed by atoms with Crippen LogP contribution in [0, 0.1) is 5.92 Å². The Kier molecular flexibility index (Phi) is 9.29. The zero-order valence-corrected chi connectivity index (χ0v) is 11.7. The highest BCUT2D eigenvalue weighted by Gasteiger charge is 2.27. The minimum absolute atomic E-state index is 0.338. The molecule has 0 heterocycles. The Morgan fingerprint density at radius 1 is 0.955 bits per heavy atom. The number of hydrogen-bond acceptors (Lipinski definition) is 8. The maximum atomic E-state index is 11.2. The van der Waals surface area contributed by atoms with Gasteiger partial charge in [0.1, 0.15) is 13.2 Å². The average molecular weight is 309 g/mol. The first-order valence-electron chi connectivity index (χ1n) is 5.96. The number of hydrogen-bond donors (Lipinski definition) is 0. The van der Waals surface area contributed by atoms with Crippen molar-refractivity contribution in [1.29, 1.82) is 0 Å². The number of esters is 3. The van der Waals surface area contributed by atoms with Gasteiger partial charge >= 0.3 is 17.9 Å². The largest absolute Gasteiger partial charge is 0.462 e. The molecule has 0 rings (SSSR count). The van der Waals surface area contributed by atoms with Crippen molar-refractivity contribution in [3.63, 3.8) is 0 Å². The summed E-state index contributed by atoms with van der Waals surface area (Å²) in [6.45, 7) is 8.94. The van der Waals surface area contributed by atoms with E-state index in [2.05, 4.69) is 24.7 Å². The number of ether oxygens (including phenoxy) is 3. The number of isocyanates is 1. The van der Waals surface area contributed by atoms with Crippen molar-refractivity contribution in [1.82, 2.24) is 0 Å². The molecule has 0 aromatic rings. The number of rotatable bonds is 10. The summed E-state index contributed by atoms with van der Waals surface area (Å²) < 4.78 is 14.4. The first kappa shape index (κ1) is 19.0. The van der Waals surface area contributed by atoms with Gasteiger partial charge in [0.05, 0.1) is 5.92 Å². The molecule has 0 saturated carbocycles. The summed E-state index contributed by atoms with van der Waals surface area (Å²) in [6.07, 6.45) is 2.55. The lowest BCUT2D eigenvalue weighted by Gasteiger charge is -2.21. The van der Waals surface area contributed by atoms with Crippen molar-refractivity contribution in [2.75, 3.05) is 13.2 Å². The molecule has 118 valence electrons. The fourth-order valence-corrected chi connectivity index (χ4v) is 1.16. The summed E-state index contributed by atoms with van der Waals surface area (Å²) in [5.41, 5.74) is 0. The minimum atomic E-state index is -1.36. The van der Waals surface area contributed by atoms with Crippen LogP contribution in [0.2, 0.25) is 0 Å². The van der Waals surface area contributed by atoms with Crippen LogP contribution in [-0.2, 0) is 33.4 Å². The Morgan fingerprint density at radius 2 is 1.41 bits per heavy atom. The van der Waals surface area contributed by atoms with Gasteiger partial charge in [0.25, 0.3) is 0 Å². The topological polar surface area (TPSA) is 108 Å². The summed E-state index contributed by atoms with van der Waals surface area (Å²) in [6, 6.07) is 0. The van der Waals surface area contributed by atoms with Crippen LogP contribution >= 0.6 is 0 Å². The van der Waals surface area contributed by atoms with Gasteiger partial charge in [-0.3, -0.25) is 0 Å². The molecule has 0 aliphatic rings. The van der Waals surface area contributed by atoms with E-state index in [1.165, 1.54) is 6.08 Å². The smallest absolute Gasteiger partial charge is 0.332 e. The zero-order valence-electron chi connectivity index (χ0n) is 11.7. The zero-order chi connectivity index (χ0) is 17.0. The van der Waals surface area contributed by atoms with Gasteiger partial charge in [-0.2, -0.15) is 4.99 Å². The molecular weight excluding hydrogens is 294 g/mol. The number of nitrogens with zero attached hydrogens (tertiary/aromatic N) is 1. The van der Waals surface area contributed by atoms with Crippen LogP contribution in [0.3, 0.4) is 0 Å². The Morgan fingerprint density at radius 3 is 1.77 bits per heavy atom. The molecule has 0 fully saturated rings. The lowest BCUT2D eigenvalue weighted by molar-refractivity contribution is -0.153. The van der Waals surface area contributed by atoms with Crippen LogP contribution in [0.25, 0.3) is 0 Å². The SMILES string of the molecule is C=CC(=O)OCC(COC(=O)C=C)C(N=C=O)OC(=O)C=C. The molecule has 1 atom stereocenters. The number of carbonyl (C=O) groups excluding carboxylic acids is 4. The van der Waals surface area contributed by atoms with E-state index >= 15 is 0 Å². The highest BCUT2D eigenvalue weighted by atomic mass is 16.6. The lowest BCUT2D eigenvalue weighted by atomic mass is 10.1. The fraction of sp³-hybridized carbons (Fsp3) is 0.286. The summed E-state index contributed by atoms with van der Waals surface area (Å²) in [5.74, 6) is -3.27. The van der Waals surface area contributed by atoms with E-state index < -0.39 is 30.1 Å². The minimum Gasteiger partial charge on any atom is -0.462 e. The van der Waals surface area contributed by atoms with Crippen LogP contribution in [0.15, 0.2) is 43.0 Å². The highest BCUT2D eigenvalue weighted by Crippen LogP contribution is 2.12. The van der Waals surface area contributed by atoms with Crippen molar-refractivity contribution in [3.8, 4) is 0 Å². The van der Waals surface area contributed by atoms with E-state index in [4.69, 9.17) is 14.2 Å². The number of aliphatic imine (C=N–C) groups is 1. The van der Waals surface area contributed by atoms with Gasteiger partial charge in [-0.1, -0.05) is 19.7 Å².